The van der Waals surface area contributed by atoms with Crippen LogP contribution in [0.4, 0.5) is 0 Å². The van der Waals surface area contributed by atoms with Crippen LogP contribution in [0.2, 0.25) is 0 Å². The monoisotopic (exact) mass is 401 g/mol. The largest absolute Gasteiger partial charge is 0.393 e. The van der Waals surface area contributed by atoms with Gasteiger partial charge in [-0.05, 0) is 30.0 Å². The predicted octanol–water partition coefficient (Wildman–Crippen LogP) is 4.89. The van der Waals surface area contributed by atoms with E-state index >= 15 is 0 Å². The fraction of sp³-hybridized carbons (Fsp3) is 0.296. The molecule has 0 unspecified atom stereocenters. The van der Waals surface area contributed by atoms with Crippen LogP contribution in [0, 0.1) is 5.92 Å². The Morgan fingerprint density at radius 1 is 0.733 bits per heavy atom. The Balaban J connectivity index is 1.95. The molecule has 0 bridgehead atoms. The summed E-state index contributed by atoms with van der Waals surface area (Å²) in [4.78, 5) is 15.8. The summed E-state index contributed by atoms with van der Waals surface area (Å²) in [6, 6.07) is 30.3. The molecule has 156 valence electrons. The number of hydrogen-bond donors (Lipinski definition) is 1. The number of hydrogen-bond acceptors (Lipinski definition) is 3. The summed E-state index contributed by atoms with van der Waals surface area (Å²) in [5.41, 5.74) is 3.47. The van der Waals surface area contributed by atoms with E-state index in [1.54, 1.807) is 6.92 Å². The minimum atomic E-state index is -0.675. The number of rotatable bonds is 10. The maximum Gasteiger partial charge on any atom is 0.155 e. The molecular weight excluding hydrogens is 370 g/mol. The molecule has 3 nitrogen and oxygen atoms in total. The number of Topliss-reactive ketones (excluding diaryl/α,β-unsaturated/α-hetero) is 1. The molecule has 0 aliphatic carbocycles. The average Bonchev–Trinajstić information content (AvgIpc) is 2.78. The van der Waals surface area contributed by atoms with Gasteiger partial charge in [-0.15, -0.1) is 0 Å². The highest BCUT2D eigenvalue weighted by Crippen LogP contribution is 2.21. The molecule has 0 aliphatic heterocycles. The molecule has 0 aliphatic rings. The van der Waals surface area contributed by atoms with Gasteiger partial charge in [0, 0.05) is 19.0 Å². The summed E-state index contributed by atoms with van der Waals surface area (Å²) in [6.07, 6.45) is -0.0535. The van der Waals surface area contributed by atoms with E-state index in [0.717, 1.165) is 5.56 Å². The van der Waals surface area contributed by atoms with Gasteiger partial charge in [0.15, 0.2) is 5.78 Å². The minimum Gasteiger partial charge on any atom is -0.393 e. The highest BCUT2D eigenvalue weighted by molar-refractivity contribution is 5.86. The molecule has 3 aromatic carbocycles. The van der Waals surface area contributed by atoms with Crippen LogP contribution in [0.3, 0.4) is 0 Å². The van der Waals surface area contributed by atoms with Crippen LogP contribution in [0.25, 0.3) is 0 Å². The van der Waals surface area contributed by atoms with Gasteiger partial charge in [0.2, 0.25) is 0 Å². The van der Waals surface area contributed by atoms with Gasteiger partial charge in [-0.1, -0.05) is 97.9 Å². The molecular formula is C27H31NO2. The van der Waals surface area contributed by atoms with Gasteiger partial charge < -0.3 is 5.11 Å². The normalized spacial score (nSPS) is 14.3. The molecule has 0 heterocycles. The first-order valence-electron chi connectivity index (χ1n) is 10.6. The number of carbonyl (C=O) groups excluding carboxylic acids is 1. The van der Waals surface area contributed by atoms with Crippen molar-refractivity contribution in [3.63, 3.8) is 0 Å². The van der Waals surface area contributed by atoms with Crippen LogP contribution in [-0.4, -0.2) is 27.9 Å². The second kappa shape index (κ2) is 10.9. The van der Waals surface area contributed by atoms with Gasteiger partial charge >= 0.3 is 0 Å². The molecule has 0 saturated heterocycles. The Labute approximate surface area is 180 Å². The number of aliphatic hydroxyl groups excluding tert-OH is 1. The number of aliphatic hydroxyl groups is 1. The molecule has 3 heteroatoms. The second-order valence-electron chi connectivity index (χ2n) is 8.01. The average molecular weight is 402 g/mol. The van der Waals surface area contributed by atoms with Crippen molar-refractivity contribution in [3.05, 3.63) is 108 Å². The third-order valence-electron chi connectivity index (χ3n) is 5.67. The summed E-state index contributed by atoms with van der Waals surface area (Å²) in [7, 11) is 0. The maximum atomic E-state index is 13.5. The van der Waals surface area contributed by atoms with Crippen LogP contribution >= 0.6 is 0 Å². The van der Waals surface area contributed by atoms with E-state index in [4.69, 9.17) is 0 Å². The molecule has 3 rings (SSSR count). The van der Waals surface area contributed by atoms with Crippen molar-refractivity contribution in [1.29, 1.82) is 0 Å². The lowest BCUT2D eigenvalue weighted by Gasteiger charge is -2.33. The van der Waals surface area contributed by atoms with Crippen LogP contribution < -0.4 is 0 Å². The predicted molar refractivity (Wildman–Crippen MR) is 122 cm³/mol. The molecule has 0 saturated carbocycles. The second-order valence-corrected chi connectivity index (χ2v) is 8.01. The first kappa shape index (κ1) is 21.9. The molecule has 3 aromatic rings. The molecule has 0 spiro atoms. The molecule has 0 aromatic heterocycles. The lowest BCUT2D eigenvalue weighted by atomic mass is 9.90. The number of carbonyl (C=O) groups is 1. The minimum absolute atomic E-state index is 0.0840. The quantitative estimate of drug-likeness (QED) is 0.526. The van der Waals surface area contributed by atoms with E-state index in [1.165, 1.54) is 11.1 Å². The molecule has 3 atom stereocenters. The molecule has 0 radical (unpaired) electrons. The van der Waals surface area contributed by atoms with Crippen molar-refractivity contribution >= 4 is 5.78 Å². The Morgan fingerprint density at radius 3 is 1.53 bits per heavy atom. The summed E-state index contributed by atoms with van der Waals surface area (Å²) in [6.45, 7) is 4.87. The Kier molecular flexibility index (Phi) is 7.95. The van der Waals surface area contributed by atoms with Gasteiger partial charge in [-0.25, -0.2) is 0 Å². The van der Waals surface area contributed by atoms with Gasteiger partial charge in [-0.2, -0.15) is 0 Å². The molecule has 0 amide bonds. The zero-order valence-electron chi connectivity index (χ0n) is 17.8. The first-order valence-corrected chi connectivity index (χ1v) is 10.6. The first-order chi connectivity index (χ1) is 14.5. The van der Waals surface area contributed by atoms with E-state index in [0.29, 0.717) is 19.5 Å². The summed E-state index contributed by atoms with van der Waals surface area (Å²) in [5.74, 6) is -0.339. The lowest BCUT2D eigenvalue weighted by Crippen LogP contribution is -2.46. The molecule has 0 fully saturated rings. The van der Waals surface area contributed by atoms with E-state index < -0.39 is 12.0 Å². The number of nitrogens with zero attached hydrogens (tertiary/aromatic N) is 1. The Morgan fingerprint density at radius 2 is 1.13 bits per heavy atom. The fourth-order valence-corrected chi connectivity index (χ4v) is 3.70. The molecule has 30 heavy (non-hydrogen) atoms. The van der Waals surface area contributed by atoms with Crippen LogP contribution in [0.1, 0.15) is 30.5 Å². The van der Waals surface area contributed by atoms with Gasteiger partial charge in [0.1, 0.15) is 0 Å². The highest BCUT2D eigenvalue weighted by Gasteiger charge is 2.31. The summed E-state index contributed by atoms with van der Waals surface area (Å²) < 4.78 is 0. The summed E-state index contributed by atoms with van der Waals surface area (Å²) in [5, 5.41) is 10.1. The van der Waals surface area contributed by atoms with Crippen molar-refractivity contribution in [2.75, 3.05) is 0 Å². The third-order valence-corrected chi connectivity index (χ3v) is 5.67. The molecule has 1 N–H and O–H groups in total. The van der Waals surface area contributed by atoms with Crippen molar-refractivity contribution in [3.8, 4) is 0 Å². The summed E-state index contributed by atoms with van der Waals surface area (Å²) >= 11 is 0. The SMILES string of the molecule is C[C@H](O)[C@H](C)C(=O)[C@H](Cc1ccccc1)N(Cc1ccccc1)Cc1ccccc1. The highest BCUT2D eigenvalue weighted by atomic mass is 16.3. The van der Waals surface area contributed by atoms with Gasteiger partial charge in [0.05, 0.1) is 12.1 Å². The zero-order chi connectivity index (χ0) is 21.3. The van der Waals surface area contributed by atoms with Crippen LogP contribution in [-0.2, 0) is 24.3 Å². The van der Waals surface area contributed by atoms with Crippen molar-refractivity contribution < 1.29 is 9.90 Å². The third kappa shape index (κ3) is 6.12. The van der Waals surface area contributed by atoms with Crippen LogP contribution in [0.5, 0.6) is 0 Å². The van der Waals surface area contributed by atoms with E-state index in [-0.39, 0.29) is 11.8 Å². The lowest BCUT2D eigenvalue weighted by molar-refractivity contribution is -0.131. The maximum absolute atomic E-state index is 13.5. The smallest absolute Gasteiger partial charge is 0.155 e. The van der Waals surface area contributed by atoms with Crippen molar-refractivity contribution in [2.24, 2.45) is 5.92 Å². The number of benzene rings is 3. The van der Waals surface area contributed by atoms with Gasteiger partial charge in [-0.3, -0.25) is 9.69 Å². The van der Waals surface area contributed by atoms with Gasteiger partial charge in [0.25, 0.3) is 0 Å². The van der Waals surface area contributed by atoms with E-state index in [2.05, 4.69) is 41.3 Å². The fourth-order valence-electron chi connectivity index (χ4n) is 3.70. The van der Waals surface area contributed by atoms with E-state index in [9.17, 15) is 9.90 Å². The van der Waals surface area contributed by atoms with Crippen molar-refractivity contribution in [2.45, 2.75) is 45.5 Å². The standard InChI is InChI=1S/C27H31NO2/c1-21(22(2)29)27(30)26(18-23-12-6-3-7-13-23)28(19-24-14-8-4-9-15-24)20-25-16-10-5-11-17-25/h3-17,21-22,26,29H,18-20H2,1-2H3/t21-,22-,26-/m0/s1. The van der Waals surface area contributed by atoms with Crippen LogP contribution in [0.15, 0.2) is 91.0 Å². The topological polar surface area (TPSA) is 40.5 Å². The Hall–Kier alpha value is -2.75. The number of ketones is 1. The van der Waals surface area contributed by atoms with E-state index in [1.807, 2.05) is 61.5 Å². The Bertz CT molecular complexity index is 852. The zero-order valence-corrected chi connectivity index (χ0v) is 17.8. The van der Waals surface area contributed by atoms with Crippen molar-refractivity contribution in [1.82, 2.24) is 4.90 Å².